The number of nitrogens with one attached hydrogen (secondary N) is 1. The standard InChI is InChI=1S/C19H20N4O/c1-3-16-11-7-8-12-17(16)20-19(24)18-14(2)23(22-21-18)13-15-9-5-4-6-10-15/h4-12H,3,13H2,1-2H3,(H,20,24). The zero-order valence-corrected chi connectivity index (χ0v) is 13.9. The van der Waals surface area contributed by atoms with Gasteiger partial charge in [-0.05, 0) is 30.5 Å². The van der Waals surface area contributed by atoms with Crippen LogP contribution >= 0.6 is 0 Å². The third-order valence-electron chi connectivity index (χ3n) is 4.02. The summed E-state index contributed by atoms with van der Waals surface area (Å²) in [4.78, 5) is 12.5. The van der Waals surface area contributed by atoms with Crippen molar-refractivity contribution in [1.82, 2.24) is 15.0 Å². The lowest BCUT2D eigenvalue weighted by Gasteiger charge is -2.09. The van der Waals surface area contributed by atoms with E-state index in [4.69, 9.17) is 0 Å². The highest BCUT2D eigenvalue weighted by Crippen LogP contribution is 2.17. The summed E-state index contributed by atoms with van der Waals surface area (Å²) in [6, 6.07) is 17.8. The van der Waals surface area contributed by atoms with Crippen LogP contribution in [0.3, 0.4) is 0 Å². The minimum absolute atomic E-state index is 0.229. The van der Waals surface area contributed by atoms with Crippen molar-refractivity contribution in [2.45, 2.75) is 26.8 Å². The molecule has 2 aromatic carbocycles. The maximum Gasteiger partial charge on any atom is 0.278 e. The average Bonchev–Trinajstić information content (AvgIpc) is 2.97. The number of aryl methyl sites for hydroxylation is 1. The van der Waals surface area contributed by atoms with E-state index in [-0.39, 0.29) is 5.91 Å². The average molecular weight is 320 g/mol. The number of nitrogens with zero attached hydrogens (tertiary/aromatic N) is 3. The third-order valence-corrected chi connectivity index (χ3v) is 4.02. The molecule has 0 bridgehead atoms. The van der Waals surface area contributed by atoms with Crippen molar-refractivity contribution in [3.63, 3.8) is 0 Å². The van der Waals surface area contributed by atoms with Gasteiger partial charge in [-0.25, -0.2) is 4.68 Å². The Balaban J connectivity index is 1.79. The second-order valence-corrected chi connectivity index (χ2v) is 5.63. The molecule has 0 aliphatic heterocycles. The molecule has 0 fully saturated rings. The Bertz CT molecular complexity index is 840. The van der Waals surface area contributed by atoms with Gasteiger partial charge < -0.3 is 5.32 Å². The molecule has 3 aromatic rings. The van der Waals surface area contributed by atoms with Gasteiger partial charge in [0, 0.05) is 5.69 Å². The van der Waals surface area contributed by atoms with E-state index in [0.29, 0.717) is 12.2 Å². The smallest absolute Gasteiger partial charge is 0.278 e. The SMILES string of the molecule is CCc1ccccc1NC(=O)c1nnn(Cc2ccccc2)c1C. The topological polar surface area (TPSA) is 59.8 Å². The summed E-state index contributed by atoms with van der Waals surface area (Å²) < 4.78 is 1.75. The van der Waals surface area contributed by atoms with Crippen molar-refractivity contribution in [1.29, 1.82) is 0 Å². The quantitative estimate of drug-likeness (QED) is 0.783. The highest BCUT2D eigenvalue weighted by atomic mass is 16.2. The first-order valence-electron chi connectivity index (χ1n) is 8.02. The normalized spacial score (nSPS) is 10.6. The van der Waals surface area contributed by atoms with Crippen LogP contribution in [-0.4, -0.2) is 20.9 Å². The molecule has 5 heteroatoms. The summed E-state index contributed by atoms with van der Waals surface area (Å²) in [5.74, 6) is -0.229. The molecular weight excluding hydrogens is 300 g/mol. The summed E-state index contributed by atoms with van der Waals surface area (Å²) in [5, 5.41) is 11.1. The molecule has 0 aliphatic rings. The van der Waals surface area contributed by atoms with Crippen LogP contribution in [0.4, 0.5) is 5.69 Å². The summed E-state index contributed by atoms with van der Waals surface area (Å²) in [7, 11) is 0. The second-order valence-electron chi connectivity index (χ2n) is 5.63. The van der Waals surface area contributed by atoms with Crippen LogP contribution < -0.4 is 5.32 Å². The van der Waals surface area contributed by atoms with Crippen molar-refractivity contribution in [3.8, 4) is 0 Å². The third kappa shape index (κ3) is 3.35. The first-order valence-corrected chi connectivity index (χ1v) is 8.02. The Kier molecular flexibility index (Phi) is 4.70. The molecule has 1 N–H and O–H groups in total. The molecule has 0 spiro atoms. The molecule has 0 saturated carbocycles. The monoisotopic (exact) mass is 320 g/mol. The van der Waals surface area contributed by atoms with Crippen molar-refractivity contribution in [2.24, 2.45) is 0 Å². The molecule has 0 unspecified atom stereocenters. The minimum Gasteiger partial charge on any atom is -0.320 e. The molecule has 0 saturated heterocycles. The highest BCUT2D eigenvalue weighted by Gasteiger charge is 2.17. The molecule has 0 atom stereocenters. The molecule has 24 heavy (non-hydrogen) atoms. The van der Waals surface area contributed by atoms with Crippen LogP contribution in [0.1, 0.15) is 34.2 Å². The number of hydrogen-bond donors (Lipinski definition) is 1. The van der Waals surface area contributed by atoms with E-state index in [1.54, 1.807) is 4.68 Å². The van der Waals surface area contributed by atoms with Crippen molar-refractivity contribution >= 4 is 11.6 Å². The maximum absolute atomic E-state index is 12.5. The molecule has 1 heterocycles. The van der Waals surface area contributed by atoms with Gasteiger partial charge in [0.1, 0.15) is 0 Å². The van der Waals surface area contributed by atoms with Crippen LogP contribution in [0, 0.1) is 6.92 Å². The number of benzene rings is 2. The molecular formula is C19H20N4O. The zero-order valence-electron chi connectivity index (χ0n) is 13.9. The lowest BCUT2D eigenvalue weighted by atomic mass is 10.1. The van der Waals surface area contributed by atoms with Gasteiger partial charge in [-0.1, -0.05) is 60.7 Å². The predicted octanol–water partition coefficient (Wildman–Crippen LogP) is 3.45. The highest BCUT2D eigenvalue weighted by molar-refractivity contribution is 6.03. The Labute approximate surface area is 141 Å². The lowest BCUT2D eigenvalue weighted by Crippen LogP contribution is -2.15. The Morgan fingerprint density at radius 3 is 2.54 bits per heavy atom. The van der Waals surface area contributed by atoms with E-state index in [1.165, 1.54) is 0 Å². The minimum atomic E-state index is -0.229. The van der Waals surface area contributed by atoms with Crippen molar-refractivity contribution < 1.29 is 4.79 Å². The van der Waals surface area contributed by atoms with E-state index >= 15 is 0 Å². The molecule has 0 aliphatic carbocycles. The Morgan fingerprint density at radius 1 is 1.08 bits per heavy atom. The number of anilines is 1. The first kappa shape index (κ1) is 15.9. The van der Waals surface area contributed by atoms with Gasteiger partial charge in [-0.15, -0.1) is 5.10 Å². The van der Waals surface area contributed by atoms with Crippen LogP contribution in [0.2, 0.25) is 0 Å². The van der Waals surface area contributed by atoms with Crippen LogP contribution in [0.5, 0.6) is 0 Å². The molecule has 5 nitrogen and oxygen atoms in total. The van der Waals surface area contributed by atoms with Gasteiger partial charge in [0.2, 0.25) is 0 Å². The number of carbonyl (C=O) groups is 1. The van der Waals surface area contributed by atoms with E-state index in [0.717, 1.165) is 28.9 Å². The second kappa shape index (κ2) is 7.08. The van der Waals surface area contributed by atoms with Gasteiger partial charge in [0.25, 0.3) is 5.91 Å². The number of rotatable bonds is 5. The first-order chi connectivity index (χ1) is 11.7. The van der Waals surface area contributed by atoms with Crippen molar-refractivity contribution in [3.05, 3.63) is 77.1 Å². The summed E-state index contributed by atoms with van der Waals surface area (Å²) in [6.07, 6.45) is 0.857. The van der Waals surface area contributed by atoms with Crippen LogP contribution in [-0.2, 0) is 13.0 Å². The Morgan fingerprint density at radius 2 is 1.79 bits per heavy atom. The molecule has 1 amide bonds. The van der Waals surface area contributed by atoms with Gasteiger partial charge in [-0.3, -0.25) is 4.79 Å². The van der Waals surface area contributed by atoms with E-state index in [2.05, 4.69) is 22.6 Å². The molecule has 122 valence electrons. The van der Waals surface area contributed by atoms with Crippen molar-refractivity contribution in [2.75, 3.05) is 5.32 Å². The Hall–Kier alpha value is -2.95. The predicted molar refractivity (Wildman–Crippen MR) is 94.1 cm³/mol. The summed E-state index contributed by atoms with van der Waals surface area (Å²) >= 11 is 0. The van der Waals surface area contributed by atoms with Gasteiger partial charge in [0.15, 0.2) is 5.69 Å². The largest absolute Gasteiger partial charge is 0.320 e. The summed E-state index contributed by atoms with van der Waals surface area (Å²) in [6.45, 7) is 4.52. The molecule has 3 rings (SSSR count). The lowest BCUT2D eigenvalue weighted by molar-refractivity contribution is 0.102. The zero-order chi connectivity index (χ0) is 16.9. The van der Waals surface area contributed by atoms with Gasteiger partial charge in [0.05, 0.1) is 12.2 Å². The van der Waals surface area contributed by atoms with E-state index < -0.39 is 0 Å². The number of aromatic nitrogens is 3. The molecule has 1 aromatic heterocycles. The fourth-order valence-corrected chi connectivity index (χ4v) is 2.61. The fraction of sp³-hybridized carbons (Fsp3) is 0.211. The van der Waals surface area contributed by atoms with Gasteiger partial charge in [-0.2, -0.15) is 0 Å². The maximum atomic E-state index is 12.5. The fourth-order valence-electron chi connectivity index (χ4n) is 2.61. The van der Waals surface area contributed by atoms with Crippen LogP contribution in [0.15, 0.2) is 54.6 Å². The number of amides is 1. The van der Waals surface area contributed by atoms with Gasteiger partial charge >= 0.3 is 0 Å². The number of carbonyl (C=O) groups excluding carboxylic acids is 1. The molecule has 0 radical (unpaired) electrons. The number of para-hydroxylation sites is 1. The number of hydrogen-bond acceptors (Lipinski definition) is 3. The van der Waals surface area contributed by atoms with E-state index in [9.17, 15) is 4.79 Å². The van der Waals surface area contributed by atoms with Crippen LogP contribution in [0.25, 0.3) is 0 Å². The van der Waals surface area contributed by atoms with E-state index in [1.807, 2.05) is 61.5 Å². The summed E-state index contributed by atoms with van der Waals surface area (Å²) in [5.41, 5.74) is 4.15.